The van der Waals surface area contributed by atoms with Gasteiger partial charge in [0.15, 0.2) is 0 Å². The van der Waals surface area contributed by atoms with Crippen molar-refractivity contribution < 1.29 is 9.90 Å². The lowest BCUT2D eigenvalue weighted by Gasteiger charge is -1.95. The van der Waals surface area contributed by atoms with Crippen LogP contribution in [0.1, 0.15) is 64.7 Å². The monoisotopic (exact) mass is 238 g/mol. The van der Waals surface area contributed by atoms with Gasteiger partial charge in [-0.3, -0.25) is 4.79 Å². The fourth-order valence-electron chi connectivity index (χ4n) is 1.55. The third kappa shape index (κ3) is 14.9. The van der Waals surface area contributed by atoms with Crippen LogP contribution in [0.25, 0.3) is 0 Å². The van der Waals surface area contributed by atoms with Crippen molar-refractivity contribution in [2.75, 3.05) is 0 Å². The maximum atomic E-state index is 10.3. The molecule has 17 heavy (non-hydrogen) atoms. The SMILES string of the molecule is CCC/C=C\CC/C=C/CCCCCC(=O)O. The van der Waals surface area contributed by atoms with Crippen LogP contribution < -0.4 is 0 Å². The molecule has 0 aliphatic carbocycles. The summed E-state index contributed by atoms with van der Waals surface area (Å²) in [7, 11) is 0. The van der Waals surface area contributed by atoms with Crippen LogP contribution in [0.2, 0.25) is 0 Å². The number of carboxylic acids is 1. The Labute approximate surface area is 105 Å². The van der Waals surface area contributed by atoms with Crippen LogP contribution in [0.5, 0.6) is 0 Å². The van der Waals surface area contributed by atoms with Crippen molar-refractivity contribution in [2.24, 2.45) is 0 Å². The predicted molar refractivity (Wildman–Crippen MR) is 73.1 cm³/mol. The van der Waals surface area contributed by atoms with E-state index in [1.807, 2.05) is 0 Å². The van der Waals surface area contributed by atoms with Crippen LogP contribution in [0.3, 0.4) is 0 Å². The fraction of sp³-hybridized carbons (Fsp3) is 0.667. The summed E-state index contributed by atoms with van der Waals surface area (Å²) in [6, 6.07) is 0. The molecule has 1 N–H and O–H groups in total. The summed E-state index contributed by atoms with van der Waals surface area (Å²) >= 11 is 0. The molecule has 0 unspecified atom stereocenters. The van der Waals surface area contributed by atoms with E-state index >= 15 is 0 Å². The second-order valence-electron chi connectivity index (χ2n) is 4.30. The molecule has 2 nitrogen and oxygen atoms in total. The maximum absolute atomic E-state index is 10.3. The molecule has 0 saturated heterocycles. The molecule has 0 aromatic rings. The van der Waals surface area contributed by atoms with Crippen molar-refractivity contribution in [3.05, 3.63) is 24.3 Å². The van der Waals surface area contributed by atoms with Crippen molar-refractivity contribution in [3.8, 4) is 0 Å². The molecule has 0 atom stereocenters. The minimum atomic E-state index is -0.681. The van der Waals surface area contributed by atoms with E-state index in [0.29, 0.717) is 6.42 Å². The first-order valence-corrected chi connectivity index (χ1v) is 6.79. The average Bonchev–Trinajstić information content (AvgIpc) is 2.30. The second kappa shape index (κ2) is 13.0. The number of unbranched alkanes of at least 4 members (excludes halogenated alkanes) is 5. The van der Waals surface area contributed by atoms with Gasteiger partial charge >= 0.3 is 5.97 Å². The van der Waals surface area contributed by atoms with Crippen LogP contribution in [0, 0.1) is 0 Å². The fourth-order valence-corrected chi connectivity index (χ4v) is 1.55. The number of hydrogen-bond donors (Lipinski definition) is 1. The standard InChI is InChI=1S/C15H26O2/c1-2-3-4-5-6-7-8-9-10-11-12-13-14-15(16)17/h4-5,8-9H,2-3,6-7,10-14H2,1H3,(H,16,17)/b5-4-,9-8+. The zero-order chi connectivity index (χ0) is 12.8. The number of rotatable bonds is 11. The third-order valence-electron chi connectivity index (χ3n) is 2.55. The number of hydrogen-bond acceptors (Lipinski definition) is 1. The first-order chi connectivity index (χ1) is 8.27. The molecule has 98 valence electrons. The zero-order valence-electron chi connectivity index (χ0n) is 11.0. The topological polar surface area (TPSA) is 37.3 Å². The van der Waals surface area contributed by atoms with E-state index in [1.54, 1.807) is 0 Å². The van der Waals surface area contributed by atoms with Crippen molar-refractivity contribution in [2.45, 2.75) is 64.7 Å². The molecule has 0 aliphatic rings. The van der Waals surface area contributed by atoms with E-state index < -0.39 is 5.97 Å². The molecule has 0 aromatic carbocycles. The van der Waals surface area contributed by atoms with Crippen LogP contribution >= 0.6 is 0 Å². The van der Waals surface area contributed by atoms with Gasteiger partial charge in [-0.25, -0.2) is 0 Å². The summed E-state index contributed by atoms with van der Waals surface area (Å²) in [6.45, 7) is 2.19. The van der Waals surface area contributed by atoms with Gasteiger partial charge in [-0.1, -0.05) is 44.1 Å². The molecule has 0 bridgehead atoms. The van der Waals surface area contributed by atoms with Crippen LogP contribution in [-0.2, 0) is 4.79 Å². The maximum Gasteiger partial charge on any atom is 0.303 e. The minimum absolute atomic E-state index is 0.311. The summed E-state index contributed by atoms with van der Waals surface area (Å²) < 4.78 is 0. The summed E-state index contributed by atoms with van der Waals surface area (Å²) in [4.78, 5) is 10.3. The first-order valence-electron chi connectivity index (χ1n) is 6.79. The quantitative estimate of drug-likeness (QED) is 0.418. The smallest absolute Gasteiger partial charge is 0.303 e. The van der Waals surface area contributed by atoms with Crippen LogP contribution in [-0.4, -0.2) is 11.1 Å². The number of allylic oxidation sites excluding steroid dienone is 4. The molecular weight excluding hydrogens is 212 g/mol. The molecule has 0 rings (SSSR count). The highest BCUT2D eigenvalue weighted by molar-refractivity contribution is 5.66. The van der Waals surface area contributed by atoms with Gasteiger partial charge in [-0.15, -0.1) is 0 Å². The van der Waals surface area contributed by atoms with E-state index in [1.165, 1.54) is 12.8 Å². The zero-order valence-corrected chi connectivity index (χ0v) is 11.0. The van der Waals surface area contributed by atoms with Crippen LogP contribution in [0.4, 0.5) is 0 Å². The van der Waals surface area contributed by atoms with E-state index in [4.69, 9.17) is 5.11 Å². The van der Waals surface area contributed by atoms with Gasteiger partial charge in [0.2, 0.25) is 0 Å². The van der Waals surface area contributed by atoms with Gasteiger partial charge in [-0.2, -0.15) is 0 Å². The molecular formula is C15H26O2. The van der Waals surface area contributed by atoms with Crippen molar-refractivity contribution in [3.63, 3.8) is 0 Å². The Morgan fingerprint density at radius 3 is 2.06 bits per heavy atom. The predicted octanol–water partition coefficient (Wildman–Crippen LogP) is 4.71. The molecule has 0 amide bonds. The lowest BCUT2D eigenvalue weighted by atomic mass is 10.1. The van der Waals surface area contributed by atoms with Crippen molar-refractivity contribution in [1.82, 2.24) is 0 Å². The molecule has 0 radical (unpaired) electrons. The molecule has 0 aliphatic heterocycles. The van der Waals surface area contributed by atoms with Gasteiger partial charge in [0, 0.05) is 6.42 Å². The Bertz CT molecular complexity index is 229. The second-order valence-corrected chi connectivity index (χ2v) is 4.30. The summed E-state index contributed by atoms with van der Waals surface area (Å²) in [5.74, 6) is -0.681. The highest BCUT2D eigenvalue weighted by Crippen LogP contribution is 2.04. The van der Waals surface area contributed by atoms with Gasteiger partial charge in [-0.05, 0) is 38.5 Å². The molecule has 0 saturated carbocycles. The Kier molecular flexibility index (Phi) is 12.2. The average molecular weight is 238 g/mol. The van der Waals surface area contributed by atoms with Crippen LogP contribution in [0.15, 0.2) is 24.3 Å². The summed E-state index contributed by atoms with van der Waals surface area (Å²) in [5.41, 5.74) is 0. The highest BCUT2D eigenvalue weighted by atomic mass is 16.4. The molecule has 0 aromatic heterocycles. The summed E-state index contributed by atoms with van der Waals surface area (Å²) in [5, 5.41) is 8.45. The van der Waals surface area contributed by atoms with Gasteiger partial charge < -0.3 is 5.11 Å². The van der Waals surface area contributed by atoms with Gasteiger partial charge in [0.25, 0.3) is 0 Å². The Morgan fingerprint density at radius 2 is 1.47 bits per heavy atom. The molecule has 0 fully saturated rings. The van der Waals surface area contributed by atoms with Crippen molar-refractivity contribution >= 4 is 5.97 Å². The number of carbonyl (C=O) groups is 1. The van der Waals surface area contributed by atoms with E-state index in [-0.39, 0.29) is 0 Å². The van der Waals surface area contributed by atoms with Gasteiger partial charge in [0.05, 0.1) is 0 Å². The van der Waals surface area contributed by atoms with E-state index in [9.17, 15) is 4.79 Å². The third-order valence-corrected chi connectivity index (χ3v) is 2.55. The Morgan fingerprint density at radius 1 is 0.882 bits per heavy atom. The van der Waals surface area contributed by atoms with Gasteiger partial charge in [0.1, 0.15) is 0 Å². The lowest BCUT2D eigenvalue weighted by molar-refractivity contribution is -0.137. The first kappa shape index (κ1) is 16.0. The molecule has 0 spiro atoms. The lowest BCUT2D eigenvalue weighted by Crippen LogP contribution is -1.93. The largest absolute Gasteiger partial charge is 0.481 e. The molecule has 2 heteroatoms. The highest BCUT2D eigenvalue weighted by Gasteiger charge is 1.94. The molecule has 0 heterocycles. The number of carboxylic acid groups (broad SMARTS) is 1. The number of aliphatic carboxylic acids is 1. The normalized spacial score (nSPS) is 11.6. The van der Waals surface area contributed by atoms with E-state index in [0.717, 1.165) is 38.5 Å². The minimum Gasteiger partial charge on any atom is -0.481 e. The van der Waals surface area contributed by atoms with Crippen molar-refractivity contribution in [1.29, 1.82) is 0 Å². The Hall–Kier alpha value is -1.05. The summed E-state index contributed by atoms with van der Waals surface area (Å²) in [6.07, 6.45) is 17.9. The Balaban J connectivity index is 3.17. The van der Waals surface area contributed by atoms with E-state index in [2.05, 4.69) is 31.2 Å².